The molecule has 2 aromatic rings. The van der Waals surface area contributed by atoms with Crippen molar-refractivity contribution in [2.45, 2.75) is 57.3 Å². The number of Topliss-reactive ketones (excluding diaryl/α,β-unsaturated/α-hetero) is 1. The van der Waals surface area contributed by atoms with E-state index in [4.69, 9.17) is 0 Å². The van der Waals surface area contributed by atoms with Gasteiger partial charge in [0.05, 0.1) is 5.57 Å². The zero-order valence-corrected chi connectivity index (χ0v) is 18.6. The SMILES string of the molecule is O=C1C(c2cc3c4c(c2)CCCN4CCC3)=C(O)C1c1cc2c3c(c1)CCCN3CCC2. The smallest absolute Gasteiger partial charge is 0.181 e. The fourth-order valence-corrected chi connectivity index (χ4v) is 7.01. The molecule has 4 heteroatoms. The average Bonchev–Trinajstić information content (AvgIpc) is 2.80. The monoisotopic (exact) mass is 426 g/mol. The summed E-state index contributed by atoms with van der Waals surface area (Å²) in [4.78, 5) is 18.5. The molecule has 0 saturated carbocycles. The Morgan fingerprint density at radius 1 is 0.688 bits per heavy atom. The molecule has 1 unspecified atom stereocenters. The molecule has 1 N–H and O–H groups in total. The molecule has 4 aliphatic heterocycles. The first-order valence-corrected chi connectivity index (χ1v) is 12.5. The minimum absolute atomic E-state index is 0.0914. The third-order valence-corrected chi connectivity index (χ3v) is 8.35. The molecule has 1 aliphatic carbocycles. The van der Waals surface area contributed by atoms with Crippen LogP contribution in [0.25, 0.3) is 5.57 Å². The van der Waals surface area contributed by atoms with Gasteiger partial charge >= 0.3 is 0 Å². The number of nitrogens with zero attached hydrogens (tertiary/aromatic N) is 2. The minimum Gasteiger partial charge on any atom is -0.510 e. The Morgan fingerprint density at radius 2 is 1.12 bits per heavy atom. The van der Waals surface area contributed by atoms with Crippen LogP contribution in [0.2, 0.25) is 0 Å². The van der Waals surface area contributed by atoms with Crippen LogP contribution in [-0.4, -0.2) is 37.1 Å². The lowest BCUT2D eigenvalue weighted by Crippen LogP contribution is -2.36. The summed E-state index contributed by atoms with van der Waals surface area (Å²) in [6, 6.07) is 8.79. The van der Waals surface area contributed by atoms with Gasteiger partial charge in [0, 0.05) is 37.6 Å². The van der Waals surface area contributed by atoms with Crippen molar-refractivity contribution in [1.82, 2.24) is 0 Å². The second-order valence-corrected chi connectivity index (χ2v) is 10.3. The zero-order chi connectivity index (χ0) is 21.4. The molecule has 0 bridgehead atoms. The van der Waals surface area contributed by atoms with E-state index in [1.54, 1.807) is 0 Å². The van der Waals surface area contributed by atoms with Crippen molar-refractivity contribution >= 4 is 22.7 Å². The quantitative estimate of drug-likeness (QED) is 0.755. The Morgan fingerprint density at radius 3 is 1.56 bits per heavy atom. The number of benzene rings is 2. The van der Waals surface area contributed by atoms with Gasteiger partial charge < -0.3 is 14.9 Å². The molecule has 0 amide bonds. The number of aryl methyl sites for hydroxylation is 4. The molecule has 1 atom stereocenters. The third kappa shape index (κ3) is 2.58. The van der Waals surface area contributed by atoms with E-state index in [-0.39, 0.29) is 11.5 Å². The van der Waals surface area contributed by atoms with E-state index in [1.807, 2.05) is 0 Å². The maximum Gasteiger partial charge on any atom is 0.181 e. The lowest BCUT2D eigenvalue weighted by Gasteiger charge is -2.39. The summed E-state index contributed by atoms with van der Waals surface area (Å²) in [5.41, 5.74) is 10.8. The molecule has 5 aliphatic rings. The number of carbonyl (C=O) groups is 1. The van der Waals surface area contributed by atoms with Crippen LogP contribution in [0.5, 0.6) is 0 Å². The number of aliphatic hydroxyl groups excluding tert-OH is 1. The fourth-order valence-electron chi connectivity index (χ4n) is 7.01. The zero-order valence-electron chi connectivity index (χ0n) is 18.6. The molecule has 0 aromatic heterocycles. The summed E-state index contributed by atoms with van der Waals surface area (Å²) in [6.45, 7) is 4.59. The van der Waals surface area contributed by atoms with Gasteiger partial charge in [-0.2, -0.15) is 0 Å². The summed E-state index contributed by atoms with van der Waals surface area (Å²) in [6.07, 6.45) is 9.00. The molecule has 164 valence electrons. The highest BCUT2D eigenvalue weighted by molar-refractivity contribution is 6.32. The highest BCUT2D eigenvalue weighted by Crippen LogP contribution is 2.47. The maximum absolute atomic E-state index is 13.4. The van der Waals surface area contributed by atoms with Gasteiger partial charge in [-0.05, 0) is 96.9 Å². The molecule has 0 radical (unpaired) electrons. The summed E-state index contributed by atoms with van der Waals surface area (Å²) in [5.74, 6) is -0.109. The van der Waals surface area contributed by atoms with E-state index in [1.165, 1.54) is 59.3 Å². The van der Waals surface area contributed by atoms with Crippen LogP contribution in [0.1, 0.15) is 65.0 Å². The second-order valence-electron chi connectivity index (χ2n) is 10.3. The van der Waals surface area contributed by atoms with E-state index in [0.717, 1.165) is 63.0 Å². The van der Waals surface area contributed by atoms with Gasteiger partial charge in [-0.3, -0.25) is 4.79 Å². The first-order valence-electron chi connectivity index (χ1n) is 12.5. The minimum atomic E-state index is -0.479. The Balaban J connectivity index is 1.29. The first-order chi connectivity index (χ1) is 15.7. The van der Waals surface area contributed by atoms with Gasteiger partial charge in [-0.15, -0.1) is 0 Å². The van der Waals surface area contributed by atoms with Gasteiger partial charge in [0.2, 0.25) is 0 Å². The summed E-state index contributed by atoms with van der Waals surface area (Å²) < 4.78 is 0. The normalized spacial score (nSPS) is 23.6. The van der Waals surface area contributed by atoms with E-state index < -0.39 is 5.92 Å². The van der Waals surface area contributed by atoms with Crippen molar-refractivity contribution in [2.75, 3.05) is 36.0 Å². The van der Waals surface area contributed by atoms with Crippen molar-refractivity contribution in [3.8, 4) is 0 Å². The molecule has 7 rings (SSSR count). The summed E-state index contributed by atoms with van der Waals surface area (Å²) in [5, 5.41) is 11.2. The lowest BCUT2D eigenvalue weighted by atomic mass is 9.72. The Bertz CT molecular complexity index is 1130. The van der Waals surface area contributed by atoms with Gasteiger partial charge in [0.15, 0.2) is 5.78 Å². The first kappa shape index (κ1) is 18.8. The summed E-state index contributed by atoms with van der Waals surface area (Å²) in [7, 11) is 0. The number of hydrogen-bond acceptors (Lipinski definition) is 4. The summed E-state index contributed by atoms with van der Waals surface area (Å²) >= 11 is 0. The fraction of sp³-hybridized carbons (Fsp3) is 0.464. The highest BCUT2D eigenvalue weighted by atomic mass is 16.3. The molecular formula is C28H30N2O2. The highest BCUT2D eigenvalue weighted by Gasteiger charge is 2.43. The van der Waals surface area contributed by atoms with Crippen molar-refractivity contribution < 1.29 is 9.90 Å². The van der Waals surface area contributed by atoms with Crippen molar-refractivity contribution in [3.05, 3.63) is 63.4 Å². The van der Waals surface area contributed by atoms with E-state index >= 15 is 0 Å². The number of rotatable bonds is 2. The Hall–Kier alpha value is -2.75. The lowest BCUT2D eigenvalue weighted by molar-refractivity contribution is -0.116. The number of carbonyl (C=O) groups excluding carboxylic acids is 1. The van der Waals surface area contributed by atoms with Crippen LogP contribution in [0.15, 0.2) is 30.0 Å². The van der Waals surface area contributed by atoms with Crippen LogP contribution in [0, 0.1) is 0 Å². The maximum atomic E-state index is 13.4. The van der Waals surface area contributed by atoms with E-state index in [9.17, 15) is 9.90 Å². The Labute approximate surface area is 189 Å². The van der Waals surface area contributed by atoms with Crippen molar-refractivity contribution in [3.63, 3.8) is 0 Å². The Kier molecular flexibility index (Phi) is 4.03. The van der Waals surface area contributed by atoms with Crippen LogP contribution in [0.3, 0.4) is 0 Å². The van der Waals surface area contributed by atoms with Crippen LogP contribution in [0.4, 0.5) is 11.4 Å². The van der Waals surface area contributed by atoms with Gasteiger partial charge in [-0.25, -0.2) is 0 Å². The van der Waals surface area contributed by atoms with E-state index in [0.29, 0.717) is 5.57 Å². The molecule has 0 saturated heterocycles. The number of ketones is 1. The van der Waals surface area contributed by atoms with Gasteiger partial charge in [0.1, 0.15) is 11.7 Å². The van der Waals surface area contributed by atoms with Gasteiger partial charge in [-0.1, -0.05) is 12.1 Å². The third-order valence-electron chi connectivity index (χ3n) is 8.35. The predicted molar refractivity (Wildman–Crippen MR) is 128 cm³/mol. The molecule has 0 spiro atoms. The molecule has 0 fully saturated rings. The van der Waals surface area contributed by atoms with Crippen molar-refractivity contribution in [2.24, 2.45) is 0 Å². The molecular weight excluding hydrogens is 396 g/mol. The molecule has 2 aromatic carbocycles. The van der Waals surface area contributed by atoms with Crippen LogP contribution in [-0.2, 0) is 30.5 Å². The number of hydrogen-bond donors (Lipinski definition) is 1. The largest absolute Gasteiger partial charge is 0.510 e. The number of anilines is 2. The number of allylic oxidation sites excluding steroid dienone is 2. The van der Waals surface area contributed by atoms with Crippen molar-refractivity contribution in [1.29, 1.82) is 0 Å². The average molecular weight is 427 g/mol. The van der Waals surface area contributed by atoms with Crippen LogP contribution < -0.4 is 9.80 Å². The standard InChI is InChI=1S/C28H30N2O2/c31-27-23(21-13-17-5-1-9-29-10-2-6-18(14-21)25(17)29)28(32)24(27)22-15-19-7-3-11-30-12-4-8-20(16-22)26(19)30/h13-16,23,31H,1-12H2. The second kappa shape index (κ2) is 6.87. The molecule has 4 heterocycles. The molecule has 32 heavy (non-hydrogen) atoms. The van der Waals surface area contributed by atoms with E-state index in [2.05, 4.69) is 34.1 Å². The number of aliphatic hydroxyl groups is 1. The topological polar surface area (TPSA) is 43.8 Å². The van der Waals surface area contributed by atoms with Crippen LogP contribution >= 0.6 is 0 Å². The predicted octanol–water partition coefficient (Wildman–Crippen LogP) is 4.72. The van der Waals surface area contributed by atoms with Gasteiger partial charge in [0.25, 0.3) is 0 Å². The molecule has 4 nitrogen and oxygen atoms in total.